The van der Waals surface area contributed by atoms with Crippen molar-refractivity contribution in [3.63, 3.8) is 0 Å². The van der Waals surface area contributed by atoms with E-state index in [1.165, 1.54) is 0 Å². The van der Waals surface area contributed by atoms with Crippen LogP contribution in [0, 0.1) is 5.41 Å². The molecule has 0 spiro atoms. The van der Waals surface area contributed by atoms with E-state index in [1.54, 1.807) is 4.90 Å². The Balaban J connectivity index is 1.23. The zero-order valence-electron chi connectivity index (χ0n) is 14.4. The summed E-state index contributed by atoms with van der Waals surface area (Å²) in [5.41, 5.74) is -0.722. The summed E-state index contributed by atoms with van der Waals surface area (Å²) in [5.74, 6) is 0. The molecule has 5 heterocycles. The second-order valence-electron chi connectivity index (χ2n) is 7.93. The fourth-order valence-electron chi connectivity index (χ4n) is 3.30. The van der Waals surface area contributed by atoms with Crippen molar-refractivity contribution in [2.75, 3.05) is 39.5 Å². The van der Waals surface area contributed by atoms with Gasteiger partial charge in [-0.1, -0.05) is 0 Å². The van der Waals surface area contributed by atoms with E-state index in [0.717, 1.165) is 19.4 Å². The summed E-state index contributed by atoms with van der Waals surface area (Å²) in [4.78, 5) is 13.9. The van der Waals surface area contributed by atoms with E-state index in [0.29, 0.717) is 32.9 Å². The number of rotatable bonds is 6. The second kappa shape index (κ2) is 5.34. The molecule has 24 heavy (non-hydrogen) atoms. The Hall–Kier alpha value is 0.163. The van der Waals surface area contributed by atoms with Crippen LogP contribution in [0.3, 0.4) is 0 Å². The summed E-state index contributed by atoms with van der Waals surface area (Å²) in [7, 11) is 0. The molecule has 5 fully saturated rings. The second-order valence-corrected chi connectivity index (χ2v) is 16.3. The Morgan fingerprint density at radius 1 is 1.08 bits per heavy atom. The molecule has 5 aliphatic heterocycles. The minimum absolute atomic E-state index is 0.0937. The first kappa shape index (κ1) is 17.6. The van der Waals surface area contributed by atoms with Gasteiger partial charge in [-0.2, -0.15) is 0 Å². The molecule has 0 saturated carbocycles. The Morgan fingerprint density at radius 3 is 2.17 bits per heavy atom. The first-order valence-electron chi connectivity index (χ1n) is 8.33. The number of aliphatic hydroxyl groups excluding tert-OH is 2. The number of amides is 1. The summed E-state index contributed by atoms with van der Waals surface area (Å²) in [5, 5.41) is 19.2. The van der Waals surface area contributed by atoms with Crippen LogP contribution in [-0.4, -0.2) is 66.3 Å². The van der Waals surface area contributed by atoms with Crippen LogP contribution >= 0.6 is 0 Å². The van der Waals surface area contributed by atoms with Crippen LogP contribution < -0.4 is 0 Å². The molecule has 1 amide bonds. The summed E-state index contributed by atoms with van der Waals surface area (Å²) >= 11 is 0.418. The van der Waals surface area contributed by atoms with E-state index in [1.807, 2.05) is 20.8 Å². The average molecular weight is 431 g/mol. The van der Waals surface area contributed by atoms with Gasteiger partial charge in [0.05, 0.1) is 0 Å². The van der Waals surface area contributed by atoms with Crippen molar-refractivity contribution in [2.24, 2.45) is 5.41 Å². The molecule has 5 aliphatic rings. The van der Waals surface area contributed by atoms with E-state index >= 15 is 0 Å². The maximum atomic E-state index is 12.1. The molecule has 0 aromatic rings. The van der Waals surface area contributed by atoms with Gasteiger partial charge >= 0.3 is 150 Å². The van der Waals surface area contributed by atoms with Crippen LogP contribution in [0.5, 0.6) is 0 Å². The molecule has 5 rings (SSSR count). The summed E-state index contributed by atoms with van der Waals surface area (Å²) in [6.07, 6.45) is 1.21. The molecule has 0 aromatic heterocycles. The van der Waals surface area contributed by atoms with E-state index in [-0.39, 0.29) is 41.9 Å². The van der Waals surface area contributed by atoms with Crippen LogP contribution in [0.1, 0.15) is 33.6 Å². The van der Waals surface area contributed by atoms with Crippen molar-refractivity contribution in [1.82, 2.24) is 4.90 Å². The van der Waals surface area contributed by atoms with Gasteiger partial charge in [-0.15, -0.1) is 0 Å². The van der Waals surface area contributed by atoms with Crippen molar-refractivity contribution < 1.29 is 48.3 Å². The Morgan fingerprint density at radius 2 is 1.71 bits per heavy atom. The van der Waals surface area contributed by atoms with Gasteiger partial charge in [-0.05, 0) is 0 Å². The van der Waals surface area contributed by atoms with Gasteiger partial charge in [0.1, 0.15) is 0 Å². The predicted octanol–water partition coefficient (Wildman–Crippen LogP) is 1.43. The number of hydrogen-bond donors (Lipinski definition) is 2. The predicted molar refractivity (Wildman–Crippen MR) is 79.9 cm³/mol. The van der Waals surface area contributed by atoms with Gasteiger partial charge in [-0.25, -0.2) is 0 Å². The fraction of sp³-hybridized carbons (Fsp3) is 0.938. The van der Waals surface area contributed by atoms with Crippen LogP contribution in [0.15, 0.2) is 0 Å². The normalized spacial score (nSPS) is 37.8. The number of piperidine rings is 1. The number of carbonyl (C=O) groups excluding carboxylic acids is 1. The zero-order chi connectivity index (χ0) is 17.4. The van der Waals surface area contributed by atoms with Gasteiger partial charge < -0.3 is 0 Å². The molecule has 0 atom stereocenters. The van der Waals surface area contributed by atoms with Gasteiger partial charge in [0, 0.05) is 0 Å². The number of hydrogen-bond acceptors (Lipinski definition) is 5. The molecule has 2 N–H and O–H groups in total. The maximum absolute atomic E-state index is 12.1. The van der Waals surface area contributed by atoms with Gasteiger partial charge in [-0.3, -0.25) is 0 Å². The molecular weight excluding hydrogens is 404 g/mol. The summed E-state index contributed by atoms with van der Waals surface area (Å²) in [6.45, 7) is 8.60. The number of ether oxygens (including phenoxy) is 2. The van der Waals surface area contributed by atoms with Crippen LogP contribution in [0.25, 0.3) is 0 Å². The topological polar surface area (TPSA) is 79.2 Å². The van der Waals surface area contributed by atoms with Gasteiger partial charge in [0.15, 0.2) is 0 Å². The number of aliphatic hydroxyl groups is 2. The van der Waals surface area contributed by atoms with Crippen molar-refractivity contribution in [2.45, 2.75) is 45.8 Å². The Kier molecular flexibility index (Phi) is 3.91. The van der Waals surface area contributed by atoms with Crippen molar-refractivity contribution >= 4 is 6.09 Å². The van der Waals surface area contributed by atoms with Crippen molar-refractivity contribution in [3.05, 3.63) is 0 Å². The zero-order valence-corrected chi connectivity index (χ0v) is 16.5. The molecule has 0 unspecified atom stereocenters. The minimum atomic E-state index is -0.482. The standard InChI is InChI=1S/C16H27NO5.2Co/c1-15(2,3)22-14(20)17-8-6-16(12-19,7-9-17)13-21-11-5-4-10-18;;/h18-19H,6-13H2,1-3H3;;. The summed E-state index contributed by atoms with van der Waals surface area (Å²) in [6, 6.07) is 0. The molecule has 0 radical (unpaired) electrons. The number of carbonyl (C=O) groups is 1. The van der Waals surface area contributed by atoms with Crippen LogP contribution in [0.2, 0.25) is 6.57 Å². The van der Waals surface area contributed by atoms with E-state index in [9.17, 15) is 15.0 Å². The quantitative estimate of drug-likeness (QED) is 0.666. The monoisotopic (exact) mass is 431 g/mol. The Labute approximate surface area is 150 Å². The first-order valence-corrected chi connectivity index (χ1v) is 12.2. The SMILES string of the molecule is CC(C)(C)OC(=O)N1CCC(CO)(COC[C]23[Co]4[Co]2[C]43CO)CC1. The van der Waals surface area contributed by atoms with Crippen LogP contribution in [0.4, 0.5) is 4.79 Å². The summed E-state index contributed by atoms with van der Waals surface area (Å²) < 4.78 is 12.2. The van der Waals surface area contributed by atoms with E-state index in [2.05, 4.69) is 0 Å². The third-order valence-corrected chi connectivity index (χ3v) is 17.3. The number of likely N-dealkylation sites (tertiary alicyclic amines) is 1. The molecule has 8 heteroatoms. The average Bonchev–Trinajstić information content (AvgIpc) is 3.40. The third-order valence-electron chi connectivity index (χ3n) is 5.04. The van der Waals surface area contributed by atoms with Gasteiger partial charge in [0.2, 0.25) is 0 Å². The molecule has 144 valence electrons. The first-order chi connectivity index (χ1) is 11.3. The van der Waals surface area contributed by atoms with Gasteiger partial charge in [0.25, 0.3) is 0 Å². The molecule has 6 nitrogen and oxygen atoms in total. The van der Waals surface area contributed by atoms with E-state index in [4.69, 9.17) is 9.47 Å². The molecule has 0 aromatic carbocycles. The van der Waals surface area contributed by atoms with Crippen molar-refractivity contribution in [3.8, 4) is 0 Å². The Bertz CT molecular complexity index is 545. The molecule has 0 bridgehead atoms. The molecule has 0 aliphatic carbocycles. The fourth-order valence-corrected chi connectivity index (χ4v) is 16.7. The number of nitrogens with zero attached hydrogens (tertiary/aromatic N) is 1. The van der Waals surface area contributed by atoms with Crippen LogP contribution in [-0.2, 0) is 33.3 Å². The van der Waals surface area contributed by atoms with Crippen molar-refractivity contribution in [1.29, 1.82) is 0 Å². The molecular formula is C16H27Co2NO5. The third kappa shape index (κ3) is 2.41. The van der Waals surface area contributed by atoms with E-state index < -0.39 is 5.60 Å². The molecule has 5 saturated heterocycles.